The summed E-state index contributed by atoms with van der Waals surface area (Å²) in [6.07, 6.45) is 1.24. The van der Waals surface area contributed by atoms with E-state index in [1.807, 2.05) is 29.2 Å². The fourth-order valence-corrected chi connectivity index (χ4v) is 2.61. The second-order valence-electron chi connectivity index (χ2n) is 4.65. The van der Waals surface area contributed by atoms with Crippen LogP contribution in [-0.2, 0) is 9.53 Å². The Morgan fingerprint density at radius 3 is 3.00 bits per heavy atom. The number of rotatable bonds is 4. The summed E-state index contributed by atoms with van der Waals surface area (Å²) in [5.74, 6) is 0.175. The predicted octanol–water partition coefficient (Wildman–Crippen LogP) is 2.51. The first-order valence-corrected chi connectivity index (χ1v) is 7.35. The van der Waals surface area contributed by atoms with E-state index >= 15 is 0 Å². The monoisotopic (exact) mass is 362 g/mol. The zero-order valence-electron chi connectivity index (χ0n) is 11.3. The van der Waals surface area contributed by atoms with E-state index in [0.717, 1.165) is 16.5 Å². The third-order valence-electron chi connectivity index (χ3n) is 3.23. The molecule has 6 heteroatoms. The normalized spacial score (nSPS) is 18.5. The predicted molar refractivity (Wildman–Crippen MR) is 85.0 cm³/mol. The van der Waals surface area contributed by atoms with Gasteiger partial charge < -0.3 is 15.4 Å². The molecule has 1 aliphatic heterocycles. The molecule has 0 radical (unpaired) electrons. The molecule has 20 heavy (non-hydrogen) atoms. The fourth-order valence-electron chi connectivity index (χ4n) is 2.20. The molecule has 1 fully saturated rings. The van der Waals surface area contributed by atoms with Crippen molar-refractivity contribution in [3.05, 3.63) is 34.3 Å². The Bertz CT molecular complexity index is 445. The molecule has 0 spiro atoms. The Kier molecular flexibility index (Phi) is 7.51. The minimum Gasteiger partial charge on any atom is -0.370 e. The van der Waals surface area contributed by atoms with Crippen LogP contribution in [0.3, 0.4) is 0 Å². The number of carbonyl (C=O) groups excluding carboxylic acids is 1. The number of ether oxygens (including phenoxy) is 1. The van der Waals surface area contributed by atoms with Crippen LogP contribution in [0.2, 0.25) is 0 Å². The molecule has 1 aromatic rings. The molecule has 2 N–H and O–H groups in total. The Morgan fingerprint density at radius 1 is 1.50 bits per heavy atom. The van der Waals surface area contributed by atoms with Crippen LogP contribution in [-0.4, -0.2) is 37.0 Å². The van der Waals surface area contributed by atoms with Crippen molar-refractivity contribution in [2.75, 3.05) is 26.2 Å². The van der Waals surface area contributed by atoms with Crippen LogP contribution in [0.15, 0.2) is 28.7 Å². The maximum absolute atomic E-state index is 12.0. The van der Waals surface area contributed by atoms with Gasteiger partial charge in [-0.05, 0) is 30.7 Å². The molecule has 1 atom stereocenters. The van der Waals surface area contributed by atoms with Crippen LogP contribution in [0.4, 0.5) is 0 Å². The van der Waals surface area contributed by atoms with Crippen molar-refractivity contribution in [1.29, 1.82) is 0 Å². The third kappa shape index (κ3) is 4.74. The average molecular weight is 364 g/mol. The van der Waals surface area contributed by atoms with Crippen molar-refractivity contribution in [2.45, 2.75) is 18.9 Å². The van der Waals surface area contributed by atoms with Crippen LogP contribution >= 0.6 is 28.3 Å². The molecule has 0 saturated carbocycles. The first kappa shape index (κ1) is 17.4. The molecule has 1 heterocycles. The number of benzene rings is 1. The zero-order valence-corrected chi connectivity index (χ0v) is 13.7. The molecule has 4 nitrogen and oxygen atoms in total. The summed E-state index contributed by atoms with van der Waals surface area (Å²) >= 11 is 3.46. The second kappa shape index (κ2) is 8.62. The minimum atomic E-state index is -0.0342. The molecule has 1 aromatic carbocycles. The highest BCUT2D eigenvalue weighted by molar-refractivity contribution is 9.10. The maximum atomic E-state index is 12.0. The van der Waals surface area contributed by atoms with Crippen molar-refractivity contribution >= 4 is 34.2 Å². The highest BCUT2D eigenvalue weighted by Gasteiger charge is 2.24. The SMILES string of the molecule is Cl.NCCCC(=O)N1CCOC(c2cccc(Br)c2)C1. The van der Waals surface area contributed by atoms with Crippen LogP contribution in [0, 0.1) is 0 Å². The topological polar surface area (TPSA) is 55.6 Å². The van der Waals surface area contributed by atoms with E-state index in [0.29, 0.717) is 32.7 Å². The van der Waals surface area contributed by atoms with Gasteiger partial charge in [-0.25, -0.2) is 0 Å². The van der Waals surface area contributed by atoms with Crippen LogP contribution < -0.4 is 5.73 Å². The quantitative estimate of drug-likeness (QED) is 0.894. The Labute approximate surface area is 134 Å². The van der Waals surface area contributed by atoms with Gasteiger partial charge in [0.1, 0.15) is 6.10 Å². The second-order valence-corrected chi connectivity index (χ2v) is 5.56. The van der Waals surface area contributed by atoms with E-state index in [1.54, 1.807) is 0 Å². The minimum absolute atomic E-state index is 0. The summed E-state index contributed by atoms with van der Waals surface area (Å²) in [7, 11) is 0. The van der Waals surface area contributed by atoms with Crippen molar-refractivity contribution in [3.8, 4) is 0 Å². The highest BCUT2D eigenvalue weighted by atomic mass is 79.9. The van der Waals surface area contributed by atoms with Gasteiger partial charge in [0.25, 0.3) is 0 Å². The standard InChI is InChI=1S/C14H19BrN2O2.ClH/c15-12-4-1-3-11(9-12)13-10-17(7-8-19-13)14(18)5-2-6-16;/h1,3-4,9,13H,2,5-8,10,16H2;1H. The lowest BCUT2D eigenvalue weighted by Gasteiger charge is -2.33. The number of hydrogen-bond acceptors (Lipinski definition) is 3. The highest BCUT2D eigenvalue weighted by Crippen LogP contribution is 2.25. The number of nitrogens with two attached hydrogens (primary N) is 1. The summed E-state index contributed by atoms with van der Waals surface area (Å²) in [6.45, 7) is 2.45. The van der Waals surface area contributed by atoms with Crippen molar-refractivity contribution < 1.29 is 9.53 Å². The Hall–Kier alpha value is -0.620. The molecular formula is C14H20BrClN2O2. The smallest absolute Gasteiger partial charge is 0.222 e. The Morgan fingerprint density at radius 2 is 2.30 bits per heavy atom. The molecule has 112 valence electrons. The van der Waals surface area contributed by atoms with E-state index in [4.69, 9.17) is 10.5 Å². The van der Waals surface area contributed by atoms with E-state index < -0.39 is 0 Å². The van der Waals surface area contributed by atoms with Crippen LogP contribution in [0.25, 0.3) is 0 Å². The molecule has 0 aliphatic carbocycles. The molecule has 1 unspecified atom stereocenters. The van der Waals surface area contributed by atoms with Gasteiger partial charge in [0.2, 0.25) is 5.91 Å². The van der Waals surface area contributed by atoms with E-state index in [1.165, 1.54) is 0 Å². The van der Waals surface area contributed by atoms with Gasteiger partial charge in [-0.2, -0.15) is 0 Å². The number of morpholine rings is 1. The summed E-state index contributed by atoms with van der Waals surface area (Å²) < 4.78 is 6.79. The molecule has 1 saturated heterocycles. The lowest BCUT2D eigenvalue weighted by molar-refractivity contribution is -0.139. The van der Waals surface area contributed by atoms with E-state index in [9.17, 15) is 4.79 Å². The molecule has 0 aromatic heterocycles. The van der Waals surface area contributed by atoms with Crippen molar-refractivity contribution in [2.24, 2.45) is 5.73 Å². The number of halogens is 2. The van der Waals surface area contributed by atoms with E-state index in [-0.39, 0.29) is 24.4 Å². The van der Waals surface area contributed by atoms with Crippen LogP contribution in [0.1, 0.15) is 24.5 Å². The third-order valence-corrected chi connectivity index (χ3v) is 3.73. The molecule has 1 aliphatic rings. The first-order chi connectivity index (χ1) is 9.20. The van der Waals surface area contributed by atoms with Gasteiger partial charge in [-0.1, -0.05) is 28.1 Å². The van der Waals surface area contributed by atoms with Gasteiger partial charge >= 0.3 is 0 Å². The summed E-state index contributed by atoms with van der Waals surface area (Å²) in [5.41, 5.74) is 6.54. The fraction of sp³-hybridized carbons (Fsp3) is 0.500. The molecule has 0 bridgehead atoms. The van der Waals surface area contributed by atoms with Gasteiger partial charge in [0.15, 0.2) is 0 Å². The van der Waals surface area contributed by atoms with Gasteiger partial charge in [-0.15, -0.1) is 12.4 Å². The zero-order chi connectivity index (χ0) is 13.7. The summed E-state index contributed by atoms with van der Waals surface area (Å²) in [4.78, 5) is 13.9. The molecule has 2 rings (SSSR count). The average Bonchev–Trinajstić information content (AvgIpc) is 2.45. The van der Waals surface area contributed by atoms with Gasteiger partial charge in [0, 0.05) is 17.4 Å². The van der Waals surface area contributed by atoms with Gasteiger partial charge in [-0.3, -0.25) is 4.79 Å². The lowest BCUT2D eigenvalue weighted by atomic mass is 10.1. The summed E-state index contributed by atoms with van der Waals surface area (Å²) in [5, 5.41) is 0. The molecule has 1 amide bonds. The van der Waals surface area contributed by atoms with Crippen molar-refractivity contribution in [1.82, 2.24) is 4.90 Å². The molecular weight excluding hydrogens is 344 g/mol. The maximum Gasteiger partial charge on any atom is 0.222 e. The Balaban J connectivity index is 0.00000200. The number of nitrogens with zero attached hydrogens (tertiary/aromatic N) is 1. The largest absolute Gasteiger partial charge is 0.370 e. The number of carbonyl (C=O) groups is 1. The lowest BCUT2D eigenvalue weighted by Crippen LogP contribution is -2.42. The summed E-state index contributed by atoms with van der Waals surface area (Å²) in [6, 6.07) is 8.04. The van der Waals surface area contributed by atoms with E-state index in [2.05, 4.69) is 15.9 Å². The number of hydrogen-bond donors (Lipinski definition) is 1. The van der Waals surface area contributed by atoms with Gasteiger partial charge in [0.05, 0.1) is 13.2 Å². The van der Waals surface area contributed by atoms with Crippen LogP contribution in [0.5, 0.6) is 0 Å². The number of amides is 1. The first-order valence-electron chi connectivity index (χ1n) is 6.55. The van der Waals surface area contributed by atoms with Crippen molar-refractivity contribution in [3.63, 3.8) is 0 Å².